The number of carboxylic acid groups (broad SMARTS) is 1. The molecule has 0 amide bonds. The highest BCUT2D eigenvalue weighted by Gasteiger charge is 2.12. The summed E-state index contributed by atoms with van der Waals surface area (Å²) in [5, 5.41) is 11.1. The maximum Gasteiger partial charge on any atom is 0.354 e. The normalized spacial score (nSPS) is 10.3. The maximum atomic E-state index is 13.4. The molecule has 1 aromatic carbocycles. The third kappa shape index (κ3) is 2.82. The van der Waals surface area contributed by atoms with Gasteiger partial charge in [0.1, 0.15) is 11.6 Å². The topological polar surface area (TPSA) is 62.2 Å². The Hall–Kier alpha value is -2.57. The average Bonchev–Trinajstić information content (AvgIpc) is 2.35. The SMILES string of the molecule is O=C(O)c1cccc(Nc2cc(F)cc(F)c2F)n1. The van der Waals surface area contributed by atoms with Crippen LogP contribution in [-0.4, -0.2) is 16.1 Å². The fourth-order valence-electron chi connectivity index (χ4n) is 1.41. The van der Waals surface area contributed by atoms with Gasteiger partial charge < -0.3 is 10.4 Å². The van der Waals surface area contributed by atoms with Crippen molar-refractivity contribution in [3.05, 3.63) is 53.5 Å². The van der Waals surface area contributed by atoms with Gasteiger partial charge in [0.2, 0.25) is 0 Å². The van der Waals surface area contributed by atoms with Crippen molar-refractivity contribution in [2.24, 2.45) is 0 Å². The molecule has 0 spiro atoms. The van der Waals surface area contributed by atoms with Crippen LogP contribution in [0.25, 0.3) is 0 Å². The molecule has 4 nitrogen and oxygen atoms in total. The number of nitrogens with zero attached hydrogens (tertiary/aromatic N) is 1. The highest BCUT2D eigenvalue weighted by atomic mass is 19.2. The molecule has 0 saturated carbocycles. The van der Waals surface area contributed by atoms with Gasteiger partial charge in [0.25, 0.3) is 0 Å². The summed E-state index contributed by atoms with van der Waals surface area (Å²) in [6.45, 7) is 0. The van der Waals surface area contributed by atoms with Crippen LogP contribution in [0.4, 0.5) is 24.7 Å². The molecule has 0 bridgehead atoms. The Morgan fingerprint density at radius 3 is 2.63 bits per heavy atom. The minimum absolute atomic E-state index is 0.0381. The van der Waals surface area contributed by atoms with Gasteiger partial charge in [-0.15, -0.1) is 0 Å². The molecule has 0 unspecified atom stereocenters. The third-order valence-corrected chi connectivity index (χ3v) is 2.22. The predicted molar refractivity (Wildman–Crippen MR) is 60.8 cm³/mol. The molecule has 19 heavy (non-hydrogen) atoms. The van der Waals surface area contributed by atoms with Gasteiger partial charge in [-0.05, 0) is 12.1 Å². The molecule has 0 aliphatic rings. The summed E-state index contributed by atoms with van der Waals surface area (Å²) in [6, 6.07) is 5.09. The van der Waals surface area contributed by atoms with E-state index in [0.29, 0.717) is 6.07 Å². The molecule has 0 fully saturated rings. The standard InChI is InChI=1S/C12H7F3N2O2/c13-6-4-7(14)11(15)9(5-6)17-10-3-1-2-8(16-10)12(18)19/h1-5H,(H,16,17)(H,18,19). The second-order valence-electron chi connectivity index (χ2n) is 3.59. The van der Waals surface area contributed by atoms with Crippen molar-refractivity contribution in [1.82, 2.24) is 4.98 Å². The van der Waals surface area contributed by atoms with Gasteiger partial charge in [-0.25, -0.2) is 22.9 Å². The van der Waals surface area contributed by atoms with Crippen molar-refractivity contribution < 1.29 is 23.1 Å². The molecule has 98 valence electrons. The van der Waals surface area contributed by atoms with Crippen LogP contribution in [0.1, 0.15) is 10.5 Å². The van der Waals surface area contributed by atoms with E-state index in [-0.39, 0.29) is 11.5 Å². The first-order valence-electron chi connectivity index (χ1n) is 5.09. The Labute approximate surface area is 105 Å². The summed E-state index contributed by atoms with van der Waals surface area (Å²) >= 11 is 0. The Morgan fingerprint density at radius 1 is 1.21 bits per heavy atom. The van der Waals surface area contributed by atoms with Gasteiger partial charge in [-0.1, -0.05) is 6.07 Å². The van der Waals surface area contributed by atoms with Crippen LogP contribution in [0, 0.1) is 17.5 Å². The van der Waals surface area contributed by atoms with E-state index in [1.54, 1.807) is 0 Å². The number of nitrogens with one attached hydrogen (secondary N) is 1. The van der Waals surface area contributed by atoms with Crippen LogP contribution in [0.2, 0.25) is 0 Å². The molecule has 2 aromatic rings. The zero-order chi connectivity index (χ0) is 14.0. The van der Waals surface area contributed by atoms with Crippen LogP contribution in [-0.2, 0) is 0 Å². The largest absolute Gasteiger partial charge is 0.477 e. The van der Waals surface area contributed by atoms with E-state index in [0.717, 1.165) is 6.07 Å². The first-order chi connectivity index (χ1) is 8.97. The van der Waals surface area contributed by atoms with Gasteiger partial charge in [0.05, 0.1) is 5.69 Å². The van der Waals surface area contributed by atoms with E-state index in [9.17, 15) is 18.0 Å². The minimum atomic E-state index is -1.35. The lowest BCUT2D eigenvalue weighted by molar-refractivity contribution is 0.0690. The first kappa shape index (κ1) is 12.9. The number of aromatic nitrogens is 1. The van der Waals surface area contributed by atoms with Crippen molar-refractivity contribution in [1.29, 1.82) is 0 Å². The number of rotatable bonds is 3. The molecule has 0 radical (unpaired) electrons. The lowest BCUT2D eigenvalue weighted by Gasteiger charge is -2.08. The highest BCUT2D eigenvalue weighted by Crippen LogP contribution is 2.22. The Kier molecular flexibility index (Phi) is 3.37. The molecular formula is C12H7F3N2O2. The van der Waals surface area contributed by atoms with Crippen LogP contribution in [0.3, 0.4) is 0 Å². The Bertz CT molecular complexity index is 647. The van der Waals surface area contributed by atoms with Gasteiger partial charge in [-0.3, -0.25) is 0 Å². The molecule has 0 atom stereocenters. The number of anilines is 2. The quantitative estimate of drug-likeness (QED) is 0.840. The second kappa shape index (κ2) is 4.97. The molecule has 1 heterocycles. The smallest absolute Gasteiger partial charge is 0.354 e. The second-order valence-corrected chi connectivity index (χ2v) is 3.59. The number of carboxylic acids is 1. The summed E-state index contributed by atoms with van der Waals surface area (Å²) in [5.41, 5.74) is -0.741. The van der Waals surface area contributed by atoms with Crippen molar-refractivity contribution in [3.8, 4) is 0 Å². The van der Waals surface area contributed by atoms with E-state index in [2.05, 4.69) is 10.3 Å². The highest BCUT2D eigenvalue weighted by molar-refractivity contribution is 5.85. The van der Waals surface area contributed by atoms with Crippen molar-refractivity contribution in [2.75, 3.05) is 5.32 Å². The summed E-state index contributed by atoms with van der Waals surface area (Å²) in [5.74, 6) is -4.89. The summed E-state index contributed by atoms with van der Waals surface area (Å²) in [6.07, 6.45) is 0. The predicted octanol–water partition coefficient (Wildman–Crippen LogP) is 2.94. The molecule has 2 rings (SSSR count). The zero-order valence-corrected chi connectivity index (χ0v) is 9.32. The average molecular weight is 268 g/mol. The molecule has 1 aromatic heterocycles. The molecule has 2 N–H and O–H groups in total. The van der Waals surface area contributed by atoms with Gasteiger partial charge in [0, 0.05) is 12.1 Å². The number of hydrogen-bond acceptors (Lipinski definition) is 3. The third-order valence-electron chi connectivity index (χ3n) is 2.22. The Morgan fingerprint density at radius 2 is 1.95 bits per heavy atom. The van der Waals surface area contributed by atoms with Gasteiger partial charge in [0.15, 0.2) is 17.3 Å². The van der Waals surface area contributed by atoms with Crippen molar-refractivity contribution in [2.45, 2.75) is 0 Å². The minimum Gasteiger partial charge on any atom is -0.477 e. The van der Waals surface area contributed by atoms with Crippen LogP contribution in [0.15, 0.2) is 30.3 Å². The summed E-state index contributed by atoms with van der Waals surface area (Å²) in [4.78, 5) is 14.3. The Balaban J connectivity index is 2.36. The van der Waals surface area contributed by atoms with Gasteiger partial charge in [-0.2, -0.15) is 0 Å². The number of hydrogen-bond donors (Lipinski definition) is 2. The zero-order valence-electron chi connectivity index (χ0n) is 9.32. The first-order valence-corrected chi connectivity index (χ1v) is 5.09. The van der Waals surface area contributed by atoms with Crippen LogP contribution < -0.4 is 5.32 Å². The van der Waals surface area contributed by atoms with Gasteiger partial charge >= 0.3 is 5.97 Å². The molecule has 7 heteroatoms. The number of benzene rings is 1. The lowest BCUT2D eigenvalue weighted by Crippen LogP contribution is -2.04. The summed E-state index contributed by atoms with van der Waals surface area (Å²) < 4.78 is 39.3. The van der Waals surface area contributed by atoms with Crippen LogP contribution in [0.5, 0.6) is 0 Å². The number of pyridine rings is 1. The van der Waals surface area contributed by atoms with Crippen molar-refractivity contribution in [3.63, 3.8) is 0 Å². The van der Waals surface area contributed by atoms with E-state index < -0.39 is 29.1 Å². The number of carbonyl (C=O) groups is 1. The fraction of sp³-hybridized carbons (Fsp3) is 0. The van der Waals surface area contributed by atoms with E-state index >= 15 is 0 Å². The lowest BCUT2D eigenvalue weighted by atomic mass is 10.2. The molecule has 0 saturated heterocycles. The van der Waals surface area contributed by atoms with E-state index in [1.165, 1.54) is 18.2 Å². The van der Waals surface area contributed by atoms with Crippen molar-refractivity contribution >= 4 is 17.5 Å². The monoisotopic (exact) mass is 268 g/mol. The van der Waals surface area contributed by atoms with Crippen LogP contribution >= 0.6 is 0 Å². The number of halogens is 3. The number of aromatic carboxylic acids is 1. The molecule has 0 aliphatic heterocycles. The maximum absolute atomic E-state index is 13.4. The summed E-state index contributed by atoms with van der Waals surface area (Å²) in [7, 11) is 0. The molecular weight excluding hydrogens is 261 g/mol. The molecule has 0 aliphatic carbocycles. The van der Waals surface area contributed by atoms with E-state index in [1.807, 2.05) is 0 Å². The fourth-order valence-corrected chi connectivity index (χ4v) is 1.41. The van der Waals surface area contributed by atoms with E-state index in [4.69, 9.17) is 5.11 Å².